The van der Waals surface area contributed by atoms with Gasteiger partial charge in [-0.1, -0.05) is 25.1 Å². The van der Waals surface area contributed by atoms with E-state index in [1.165, 1.54) is 7.11 Å². The number of carbonyl (C=O) groups excluding carboxylic acids is 2. The van der Waals surface area contributed by atoms with Crippen LogP contribution in [0.25, 0.3) is 5.69 Å². The predicted octanol–water partition coefficient (Wildman–Crippen LogP) is 1.16. The van der Waals surface area contributed by atoms with E-state index in [4.69, 9.17) is 4.74 Å². The summed E-state index contributed by atoms with van der Waals surface area (Å²) in [6.45, 7) is 5.52. The predicted molar refractivity (Wildman–Crippen MR) is 106 cm³/mol. The first kappa shape index (κ1) is 19.9. The number of nitrogens with one attached hydrogen (secondary N) is 1. The molecule has 1 aromatic carbocycles. The molecular weight excluding hydrogens is 358 g/mol. The van der Waals surface area contributed by atoms with Crippen LogP contribution in [0.2, 0.25) is 0 Å². The Morgan fingerprint density at radius 1 is 1.14 bits per heavy atom. The third-order valence-corrected chi connectivity index (χ3v) is 4.72. The van der Waals surface area contributed by atoms with Crippen molar-refractivity contribution in [1.82, 2.24) is 24.9 Å². The monoisotopic (exact) mass is 385 g/mol. The topological polar surface area (TPSA) is 79.7 Å². The summed E-state index contributed by atoms with van der Waals surface area (Å²) in [5.41, 5.74) is 1.17. The first-order valence-electron chi connectivity index (χ1n) is 9.59. The molecule has 1 aromatic heterocycles. The van der Waals surface area contributed by atoms with E-state index in [-0.39, 0.29) is 11.8 Å². The molecule has 1 aliphatic rings. The van der Waals surface area contributed by atoms with Gasteiger partial charge in [-0.25, -0.2) is 4.68 Å². The van der Waals surface area contributed by atoms with E-state index in [2.05, 4.69) is 15.3 Å². The Morgan fingerprint density at radius 2 is 1.86 bits per heavy atom. The number of nitrogens with zero attached hydrogens (tertiary/aromatic N) is 4. The number of hydrogen-bond donors (Lipinski definition) is 1. The van der Waals surface area contributed by atoms with Gasteiger partial charge < -0.3 is 15.0 Å². The summed E-state index contributed by atoms with van der Waals surface area (Å²) in [6.07, 6.45) is 2.64. The molecular formula is C20H27N5O3. The van der Waals surface area contributed by atoms with E-state index >= 15 is 0 Å². The van der Waals surface area contributed by atoms with Crippen molar-refractivity contribution in [3.63, 3.8) is 0 Å². The summed E-state index contributed by atoms with van der Waals surface area (Å²) in [5, 5.41) is 7.33. The van der Waals surface area contributed by atoms with Crippen molar-refractivity contribution >= 4 is 11.8 Å². The zero-order valence-electron chi connectivity index (χ0n) is 16.4. The first-order valence-corrected chi connectivity index (χ1v) is 9.59. The van der Waals surface area contributed by atoms with Crippen LogP contribution in [0, 0.1) is 0 Å². The molecule has 2 heterocycles. The fourth-order valence-corrected chi connectivity index (χ4v) is 3.15. The second-order valence-electron chi connectivity index (χ2n) is 6.74. The summed E-state index contributed by atoms with van der Waals surface area (Å²) < 4.78 is 7.03. The van der Waals surface area contributed by atoms with Crippen LogP contribution in [-0.2, 0) is 4.79 Å². The number of aromatic nitrogens is 2. The first-order chi connectivity index (χ1) is 13.6. The highest BCUT2D eigenvalue weighted by Crippen LogP contribution is 2.21. The fourth-order valence-electron chi connectivity index (χ4n) is 3.15. The maximum absolute atomic E-state index is 13.0. The summed E-state index contributed by atoms with van der Waals surface area (Å²) >= 11 is 0. The molecule has 1 N–H and O–H groups in total. The molecule has 1 aliphatic heterocycles. The molecule has 3 rings (SSSR count). The van der Waals surface area contributed by atoms with Crippen molar-refractivity contribution < 1.29 is 14.3 Å². The molecule has 150 valence electrons. The molecule has 0 spiro atoms. The average Bonchev–Trinajstić information content (AvgIpc) is 3.17. The van der Waals surface area contributed by atoms with Gasteiger partial charge in [0.1, 0.15) is 0 Å². The van der Waals surface area contributed by atoms with Crippen LogP contribution in [0.4, 0.5) is 0 Å². The summed E-state index contributed by atoms with van der Waals surface area (Å²) in [6, 6.07) is 9.60. The Balaban J connectivity index is 1.62. The molecule has 0 saturated carbocycles. The van der Waals surface area contributed by atoms with E-state index in [9.17, 15) is 9.59 Å². The molecule has 2 amide bonds. The number of hydrogen-bond acceptors (Lipinski definition) is 5. The molecule has 8 heteroatoms. The maximum atomic E-state index is 13.0. The summed E-state index contributed by atoms with van der Waals surface area (Å²) in [7, 11) is 1.54. The van der Waals surface area contributed by atoms with Gasteiger partial charge in [-0.3, -0.25) is 14.5 Å². The number of rotatable bonds is 7. The van der Waals surface area contributed by atoms with Crippen LogP contribution < -0.4 is 10.1 Å². The van der Waals surface area contributed by atoms with Gasteiger partial charge in [0.05, 0.1) is 25.5 Å². The number of para-hydroxylation sites is 1. The summed E-state index contributed by atoms with van der Waals surface area (Å²) in [5.74, 6) is 0.335. The molecule has 0 atom stereocenters. The quantitative estimate of drug-likeness (QED) is 0.774. The lowest BCUT2D eigenvalue weighted by Crippen LogP contribution is -2.51. The number of amides is 2. The molecule has 1 saturated heterocycles. The highest BCUT2D eigenvalue weighted by Gasteiger charge is 2.27. The summed E-state index contributed by atoms with van der Waals surface area (Å²) in [4.78, 5) is 28.7. The lowest BCUT2D eigenvalue weighted by molar-refractivity contribution is -0.122. The highest BCUT2D eigenvalue weighted by atomic mass is 16.5. The third-order valence-electron chi connectivity index (χ3n) is 4.72. The number of benzene rings is 1. The molecule has 0 bridgehead atoms. The number of ether oxygens (including phenoxy) is 1. The minimum absolute atomic E-state index is 0.0323. The van der Waals surface area contributed by atoms with Crippen LogP contribution in [-0.4, -0.2) is 77.8 Å². The zero-order valence-corrected chi connectivity index (χ0v) is 16.4. The SMILES string of the molecule is CCCNC(=O)CN1CCN(C(=O)c2nn(-c3ccccc3)cc2OC)CC1. The zero-order chi connectivity index (χ0) is 19.9. The van der Waals surface area contributed by atoms with Gasteiger partial charge in [-0.2, -0.15) is 5.10 Å². The Labute approximate surface area is 165 Å². The van der Waals surface area contributed by atoms with E-state index in [1.807, 2.05) is 37.3 Å². The highest BCUT2D eigenvalue weighted by molar-refractivity contribution is 5.95. The Bertz CT molecular complexity index is 797. The van der Waals surface area contributed by atoms with Crippen LogP contribution in [0.3, 0.4) is 0 Å². The Hall–Kier alpha value is -2.87. The molecule has 0 unspecified atom stereocenters. The van der Waals surface area contributed by atoms with E-state index in [0.29, 0.717) is 50.7 Å². The lowest BCUT2D eigenvalue weighted by atomic mass is 10.2. The molecule has 1 fully saturated rings. The normalized spacial score (nSPS) is 14.7. The van der Waals surface area contributed by atoms with Crippen LogP contribution in [0.1, 0.15) is 23.8 Å². The molecule has 0 radical (unpaired) electrons. The van der Waals surface area contributed by atoms with Crippen LogP contribution >= 0.6 is 0 Å². The minimum Gasteiger partial charge on any atom is -0.493 e. The molecule has 2 aromatic rings. The second-order valence-corrected chi connectivity index (χ2v) is 6.74. The van der Waals surface area contributed by atoms with Crippen molar-refractivity contribution in [3.05, 3.63) is 42.2 Å². The van der Waals surface area contributed by atoms with Gasteiger partial charge in [0, 0.05) is 32.7 Å². The van der Waals surface area contributed by atoms with Crippen LogP contribution in [0.5, 0.6) is 5.75 Å². The number of carbonyl (C=O) groups is 2. The number of piperazine rings is 1. The maximum Gasteiger partial charge on any atom is 0.278 e. The minimum atomic E-state index is -0.151. The molecule has 8 nitrogen and oxygen atoms in total. The van der Waals surface area contributed by atoms with Crippen molar-refractivity contribution in [3.8, 4) is 11.4 Å². The smallest absolute Gasteiger partial charge is 0.278 e. The third kappa shape index (κ3) is 4.69. The van der Waals surface area contributed by atoms with Gasteiger partial charge in [-0.15, -0.1) is 0 Å². The largest absolute Gasteiger partial charge is 0.493 e. The van der Waals surface area contributed by atoms with Gasteiger partial charge in [0.2, 0.25) is 5.91 Å². The fraction of sp³-hybridized carbons (Fsp3) is 0.450. The molecule has 0 aliphatic carbocycles. The van der Waals surface area contributed by atoms with Gasteiger partial charge in [-0.05, 0) is 18.6 Å². The standard InChI is InChI=1S/C20H27N5O3/c1-3-9-21-18(26)15-23-10-12-24(13-11-23)20(27)19-17(28-2)14-25(22-19)16-7-5-4-6-8-16/h4-8,14H,3,9-13,15H2,1-2H3,(H,21,26). The van der Waals surface area contributed by atoms with Crippen molar-refractivity contribution in [1.29, 1.82) is 0 Å². The second kappa shape index (κ2) is 9.36. The van der Waals surface area contributed by atoms with Crippen LogP contribution in [0.15, 0.2) is 36.5 Å². The average molecular weight is 385 g/mol. The van der Waals surface area contributed by atoms with E-state index in [1.54, 1.807) is 15.8 Å². The number of methoxy groups -OCH3 is 1. The van der Waals surface area contributed by atoms with E-state index < -0.39 is 0 Å². The van der Waals surface area contributed by atoms with Crippen molar-refractivity contribution in [2.24, 2.45) is 0 Å². The van der Waals surface area contributed by atoms with Gasteiger partial charge in [0.15, 0.2) is 11.4 Å². The van der Waals surface area contributed by atoms with Crippen molar-refractivity contribution in [2.45, 2.75) is 13.3 Å². The van der Waals surface area contributed by atoms with Gasteiger partial charge >= 0.3 is 0 Å². The Morgan fingerprint density at radius 3 is 2.50 bits per heavy atom. The molecule has 28 heavy (non-hydrogen) atoms. The van der Waals surface area contributed by atoms with Gasteiger partial charge in [0.25, 0.3) is 5.91 Å². The Kier molecular flexibility index (Phi) is 6.65. The van der Waals surface area contributed by atoms with E-state index in [0.717, 1.165) is 12.1 Å². The van der Waals surface area contributed by atoms with Crippen molar-refractivity contribution in [2.75, 3.05) is 46.4 Å². The lowest BCUT2D eigenvalue weighted by Gasteiger charge is -2.34.